The summed E-state index contributed by atoms with van der Waals surface area (Å²) in [5.41, 5.74) is 1.66. The minimum absolute atomic E-state index is 0.430. The average molecular weight is 321 g/mol. The number of rotatable bonds is 3. The Morgan fingerprint density at radius 3 is 2.79 bits per heavy atom. The third-order valence-corrected chi connectivity index (χ3v) is 3.14. The van der Waals surface area contributed by atoms with Crippen molar-refractivity contribution in [3.8, 4) is 5.75 Å². The van der Waals surface area contributed by atoms with Crippen LogP contribution in [0.25, 0.3) is 5.52 Å². The van der Waals surface area contributed by atoms with Crippen LogP contribution in [0.3, 0.4) is 0 Å². The molecule has 0 aliphatic carbocycles. The number of ether oxygens (including phenoxy) is 1. The molecule has 2 aromatic heterocycles. The quantitative estimate of drug-likeness (QED) is 0.733. The Labute approximate surface area is 117 Å². The van der Waals surface area contributed by atoms with Crippen LogP contribution in [-0.2, 0) is 6.61 Å². The molecule has 0 amide bonds. The van der Waals surface area contributed by atoms with E-state index in [0.29, 0.717) is 17.9 Å². The van der Waals surface area contributed by atoms with Gasteiger partial charge in [-0.15, -0.1) is 5.10 Å². The molecular formula is C14H10BrFN2O. The predicted molar refractivity (Wildman–Crippen MR) is 73.6 cm³/mol. The summed E-state index contributed by atoms with van der Waals surface area (Å²) >= 11 is 3.36. The fourth-order valence-corrected chi connectivity index (χ4v) is 2.25. The molecule has 0 N–H and O–H groups in total. The fraction of sp³-hybridized carbons (Fsp3) is 0.0714. The van der Waals surface area contributed by atoms with Crippen LogP contribution in [0, 0.1) is 5.95 Å². The summed E-state index contributed by atoms with van der Waals surface area (Å²) in [5.74, 6) is 0.0669. The molecule has 0 radical (unpaired) electrons. The first-order chi connectivity index (χ1) is 9.22. The molecular weight excluding hydrogens is 311 g/mol. The molecule has 0 aliphatic rings. The largest absolute Gasteiger partial charge is 0.487 e. The maximum Gasteiger partial charge on any atom is 0.233 e. The number of nitrogens with zero attached hydrogens (tertiary/aromatic N) is 2. The molecule has 96 valence electrons. The van der Waals surface area contributed by atoms with Crippen molar-refractivity contribution in [2.24, 2.45) is 0 Å². The molecule has 19 heavy (non-hydrogen) atoms. The Bertz CT molecular complexity index is 712. The Balaban J connectivity index is 1.92. The van der Waals surface area contributed by atoms with Crippen LogP contribution in [0.15, 0.2) is 53.1 Å². The molecule has 0 saturated carbocycles. The Hall–Kier alpha value is -1.88. The Morgan fingerprint density at radius 1 is 1.21 bits per heavy atom. The minimum Gasteiger partial charge on any atom is -0.487 e. The molecule has 3 aromatic rings. The van der Waals surface area contributed by atoms with Gasteiger partial charge >= 0.3 is 0 Å². The number of pyridine rings is 1. The molecule has 0 fully saturated rings. The second-order valence-electron chi connectivity index (χ2n) is 4.09. The summed E-state index contributed by atoms with van der Waals surface area (Å²) in [6, 6.07) is 13.0. The molecule has 0 spiro atoms. The highest BCUT2D eigenvalue weighted by atomic mass is 79.9. The SMILES string of the molecule is Fc1cc2c(OCc3ccccc3)cc(Br)cn2n1. The summed E-state index contributed by atoms with van der Waals surface area (Å²) in [4.78, 5) is 0. The van der Waals surface area contributed by atoms with Gasteiger partial charge in [-0.3, -0.25) is 0 Å². The first-order valence-corrected chi connectivity index (χ1v) is 6.53. The highest BCUT2D eigenvalue weighted by molar-refractivity contribution is 9.10. The lowest BCUT2D eigenvalue weighted by Crippen LogP contribution is -1.97. The third kappa shape index (κ3) is 2.61. The molecule has 5 heteroatoms. The molecule has 0 atom stereocenters. The fourth-order valence-electron chi connectivity index (χ4n) is 1.85. The van der Waals surface area contributed by atoms with E-state index in [1.807, 2.05) is 30.3 Å². The zero-order valence-electron chi connectivity index (χ0n) is 9.88. The van der Waals surface area contributed by atoms with Crippen molar-refractivity contribution >= 4 is 21.4 Å². The van der Waals surface area contributed by atoms with Gasteiger partial charge < -0.3 is 4.74 Å². The van der Waals surface area contributed by atoms with Gasteiger partial charge in [-0.2, -0.15) is 4.39 Å². The van der Waals surface area contributed by atoms with Crippen LogP contribution in [0.5, 0.6) is 5.75 Å². The van der Waals surface area contributed by atoms with E-state index < -0.39 is 5.95 Å². The smallest absolute Gasteiger partial charge is 0.233 e. The number of benzene rings is 1. The summed E-state index contributed by atoms with van der Waals surface area (Å²) in [5, 5.41) is 3.73. The first kappa shape index (κ1) is 12.2. The van der Waals surface area contributed by atoms with Crippen LogP contribution >= 0.6 is 15.9 Å². The number of fused-ring (bicyclic) bond motifs is 1. The van der Waals surface area contributed by atoms with Crippen molar-refractivity contribution in [3.05, 3.63) is 64.6 Å². The molecule has 1 aromatic carbocycles. The topological polar surface area (TPSA) is 26.5 Å². The predicted octanol–water partition coefficient (Wildman–Crippen LogP) is 3.81. The first-order valence-electron chi connectivity index (χ1n) is 5.73. The maximum atomic E-state index is 13.2. The van der Waals surface area contributed by atoms with Crippen molar-refractivity contribution < 1.29 is 9.13 Å². The average Bonchev–Trinajstić information content (AvgIpc) is 2.77. The van der Waals surface area contributed by atoms with Gasteiger partial charge in [0, 0.05) is 16.7 Å². The van der Waals surface area contributed by atoms with E-state index >= 15 is 0 Å². The summed E-state index contributed by atoms with van der Waals surface area (Å²) in [6.07, 6.45) is 1.69. The van der Waals surface area contributed by atoms with Crippen molar-refractivity contribution in [2.45, 2.75) is 6.61 Å². The van der Waals surface area contributed by atoms with E-state index in [1.54, 1.807) is 12.3 Å². The van der Waals surface area contributed by atoms with Gasteiger partial charge in [0.05, 0.1) is 0 Å². The minimum atomic E-state index is -0.525. The summed E-state index contributed by atoms with van der Waals surface area (Å²) in [7, 11) is 0. The lowest BCUT2D eigenvalue weighted by atomic mass is 10.2. The van der Waals surface area contributed by atoms with Gasteiger partial charge in [0.15, 0.2) is 0 Å². The van der Waals surface area contributed by atoms with Gasteiger partial charge in [0.25, 0.3) is 0 Å². The summed E-state index contributed by atoms with van der Waals surface area (Å²) < 4.78 is 21.2. The van der Waals surface area contributed by atoms with Crippen molar-refractivity contribution in [3.63, 3.8) is 0 Å². The van der Waals surface area contributed by atoms with E-state index in [2.05, 4.69) is 21.0 Å². The molecule has 0 bridgehead atoms. The van der Waals surface area contributed by atoms with Crippen LogP contribution < -0.4 is 4.74 Å². The van der Waals surface area contributed by atoms with Gasteiger partial charge in [0.1, 0.15) is 17.9 Å². The van der Waals surface area contributed by atoms with Crippen LogP contribution in [0.2, 0.25) is 0 Å². The van der Waals surface area contributed by atoms with Crippen molar-refractivity contribution in [2.75, 3.05) is 0 Å². The van der Waals surface area contributed by atoms with E-state index in [9.17, 15) is 4.39 Å². The standard InChI is InChI=1S/C14H10BrFN2O/c15-11-6-13(12-7-14(16)17-18(12)8-11)19-9-10-4-2-1-3-5-10/h1-8H,9H2. The van der Waals surface area contributed by atoms with E-state index in [1.165, 1.54) is 10.6 Å². The van der Waals surface area contributed by atoms with Gasteiger partial charge in [-0.1, -0.05) is 30.3 Å². The van der Waals surface area contributed by atoms with Crippen LogP contribution in [0.1, 0.15) is 5.56 Å². The van der Waals surface area contributed by atoms with Gasteiger partial charge in [0.2, 0.25) is 5.95 Å². The highest BCUT2D eigenvalue weighted by Crippen LogP contribution is 2.25. The third-order valence-electron chi connectivity index (χ3n) is 2.71. The molecule has 0 aliphatic heterocycles. The number of hydrogen-bond donors (Lipinski definition) is 0. The summed E-state index contributed by atoms with van der Waals surface area (Å²) in [6.45, 7) is 0.430. The molecule has 0 saturated heterocycles. The number of hydrogen-bond acceptors (Lipinski definition) is 2. The van der Waals surface area contributed by atoms with Crippen LogP contribution in [-0.4, -0.2) is 9.61 Å². The van der Waals surface area contributed by atoms with Crippen molar-refractivity contribution in [1.29, 1.82) is 0 Å². The van der Waals surface area contributed by atoms with Gasteiger partial charge in [-0.05, 0) is 27.6 Å². The van der Waals surface area contributed by atoms with Gasteiger partial charge in [-0.25, -0.2) is 4.52 Å². The number of halogens is 2. The number of aromatic nitrogens is 2. The Morgan fingerprint density at radius 2 is 2.00 bits per heavy atom. The lowest BCUT2D eigenvalue weighted by molar-refractivity contribution is 0.308. The highest BCUT2D eigenvalue weighted by Gasteiger charge is 2.08. The lowest BCUT2D eigenvalue weighted by Gasteiger charge is -2.08. The zero-order valence-corrected chi connectivity index (χ0v) is 11.5. The molecule has 0 unspecified atom stereocenters. The Kier molecular flexibility index (Phi) is 3.21. The van der Waals surface area contributed by atoms with E-state index in [0.717, 1.165) is 10.0 Å². The second kappa shape index (κ2) is 5.01. The molecule has 3 nitrogen and oxygen atoms in total. The second-order valence-corrected chi connectivity index (χ2v) is 5.01. The maximum absolute atomic E-state index is 13.2. The zero-order chi connectivity index (χ0) is 13.2. The molecule has 2 heterocycles. The van der Waals surface area contributed by atoms with Crippen LogP contribution in [0.4, 0.5) is 4.39 Å². The monoisotopic (exact) mass is 320 g/mol. The molecule has 3 rings (SSSR count). The van der Waals surface area contributed by atoms with E-state index in [4.69, 9.17) is 4.74 Å². The van der Waals surface area contributed by atoms with E-state index in [-0.39, 0.29) is 0 Å². The van der Waals surface area contributed by atoms with Crippen molar-refractivity contribution in [1.82, 2.24) is 9.61 Å². The normalized spacial score (nSPS) is 10.8.